The second kappa shape index (κ2) is 6.37. The number of hydrogen-bond acceptors (Lipinski definition) is 6. The maximum atomic E-state index is 9.30. The minimum absolute atomic E-state index is 0.114. The molecule has 2 N–H and O–H groups in total. The van der Waals surface area contributed by atoms with Gasteiger partial charge in [0.2, 0.25) is 5.95 Å². The Morgan fingerprint density at radius 1 is 1.40 bits per heavy atom. The van der Waals surface area contributed by atoms with E-state index in [1.807, 2.05) is 7.05 Å². The minimum Gasteiger partial charge on any atom is -0.395 e. The number of thiophene rings is 1. The summed E-state index contributed by atoms with van der Waals surface area (Å²) in [5.74, 6) is 1.53. The zero-order chi connectivity index (χ0) is 14.7. The summed E-state index contributed by atoms with van der Waals surface area (Å²) in [5.41, 5.74) is 0. The molecular formula is C14H22N4OS. The Balaban J connectivity index is 2.61. The number of hydrogen-bond donors (Lipinski definition) is 2. The highest BCUT2D eigenvalue weighted by molar-refractivity contribution is 7.18. The smallest absolute Gasteiger partial charge is 0.225 e. The Hall–Kier alpha value is -1.40. The van der Waals surface area contributed by atoms with Gasteiger partial charge in [0.25, 0.3) is 0 Å². The van der Waals surface area contributed by atoms with Gasteiger partial charge in [-0.2, -0.15) is 4.98 Å². The maximum Gasteiger partial charge on any atom is 0.225 e. The lowest BCUT2D eigenvalue weighted by Crippen LogP contribution is -2.34. The Kier molecular flexibility index (Phi) is 4.77. The van der Waals surface area contributed by atoms with Crippen molar-refractivity contribution >= 4 is 33.3 Å². The minimum atomic E-state index is 0.114. The van der Waals surface area contributed by atoms with E-state index < -0.39 is 0 Å². The highest BCUT2D eigenvalue weighted by Gasteiger charge is 2.18. The molecule has 6 heteroatoms. The van der Waals surface area contributed by atoms with Crippen LogP contribution in [0.25, 0.3) is 10.2 Å². The van der Waals surface area contributed by atoms with Crippen LogP contribution in [0.2, 0.25) is 0 Å². The largest absolute Gasteiger partial charge is 0.395 e. The summed E-state index contributed by atoms with van der Waals surface area (Å²) in [6.07, 6.45) is 0.997. The van der Waals surface area contributed by atoms with E-state index in [-0.39, 0.29) is 12.6 Å². The monoisotopic (exact) mass is 294 g/mol. The number of aromatic nitrogens is 2. The van der Waals surface area contributed by atoms with Gasteiger partial charge in [0.1, 0.15) is 10.6 Å². The Labute approximate surface area is 123 Å². The number of anilines is 2. The molecule has 20 heavy (non-hydrogen) atoms. The van der Waals surface area contributed by atoms with Crippen molar-refractivity contribution in [3.8, 4) is 0 Å². The van der Waals surface area contributed by atoms with Gasteiger partial charge in [-0.05, 0) is 26.3 Å². The van der Waals surface area contributed by atoms with Gasteiger partial charge in [0.15, 0.2) is 0 Å². The van der Waals surface area contributed by atoms with Gasteiger partial charge in [-0.25, -0.2) is 4.98 Å². The van der Waals surface area contributed by atoms with Crippen LogP contribution in [0.15, 0.2) is 6.07 Å². The first-order valence-electron chi connectivity index (χ1n) is 6.96. The van der Waals surface area contributed by atoms with Crippen molar-refractivity contribution in [1.82, 2.24) is 9.97 Å². The van der Waals surface area contributed by atoms with Crippen molar-refractivity contribution < 1.29 is 5.11 Å². The lowest BCUT2D eigenvalue weighted by molar-refractivity contribution is 0.299. The van der Waals surface area contributed by atoms with E-state index >= 15 is 0 Å². The van der Waals surface area contributed by atoms with E-state index in [1.54, 1.807) is 11.3 Å². The van der Waals surface area contributed by atoms with Crippen LogP contribution >= 0.6 is 11.3 Å². The molecule has 0 unspecified atom stereocenters. The van der Waals surface area contributed by atoms with Gasteiger partial charge in [-0.15, -0.1) is 11.3 Å². The highest BCUT2D eigenvalue weighted by Crippen LogP contribution is 2.33. The van der Waals surface area contributed by atoms with E-state index in [4.69, 9.17) is 0 Å². The van der Waals surface area contributed by atoms with Gasteiger partial charge >= 0.3 is 0 Å². The predicted molar refractivity (Wildman–Crippen MR) is 85.9 cm³/mol. The quantitative estimate of drug-likeness (QED) is 0.857. The summed E-state index contributed by atoms with van der Waals surface area (Å²) in [7, 11) is 1.82. The lowest BCUT2D eigenvalue weighted by atomic mass is 10.2. The van der Waals surface area contributed by atoms with Crippen LogP contribution in [0.1, 0.15) is 25.6 Å². The standard InChI is InChI=1S/C14H22N4OS/c1-5-10-8-11-12(18(6-7-19)9(2)3)16-14(15-4)17-13(11)20-10/h8-9,19H,5-7H2,1-4H3,(H,15,16,17). The van der Waals surface area contributed by atoms with Crippen molar-refractivity contribution in [2.24, 2.45) is 0 Å². The molecule has 0 aliphatic carbocycles. The lowest BCUT2D eigenvalue weighted by Gasteiger charge is -2.27. The van der Waals surface area contributed by atoms with Crippen LogP contribution in [-0.4, -0.2) is 41.3 Å². The summed E-state index contributed by atoms with van der Waals surface area (Å²) in [5, 5.41) is 13.4. The second-order valence-electron chi connectivity index (χ2n) is 4.92. The van der Waals surface area contributed by atoms with E-state index in [2.05, 4.69) is 47.0 Å². The zero-order valence-electron chi connectivity index (χ0n) is 12.5. The van der Waals surface area contributed by atoms with E-state index in [1.165, 1.54) is 4.88 Å². The summed E-state index contributed by atoms with van der Waals surface area (Å²) in [4.78, 5) is 13.6. The normalized spacial score (nSPS) is 11.3. The molecule has 0 aliphatic heterocycles. The van der Waals surface area contributed by atoms with Crippen molar-refractivity contribution in [3.05, 3.63) is 10.9 Å². The van der Waals surface area contributed by atoms with Gasteiger partial charge in [0, 0.05) is 24.5 Å². The first-order valence-corrected chi connectivity index (χ1v) is 7.78. The summed E-state index contributed by atoms with van der Waals surface area (Å²) >= 11 is 1.71. The summed E-state index contributed by atoms with van der Waals surface area (Å²) in [6.45, 7) is 7.05. The molecule has 2 aromatic rings. The first-order chi connectivity index (χ1) is 9.60. The number of fused-ring (bicyclic) bond motifs is 1. The van der Waals surface area contributed by atoms with Gasteiger partial charge in [-0.1, -0.05) is 6.92 Å². The van der Waals surface area contributed by atoms with Crippen molar-refractivity contribution in [2.75, 3.05) is 30.4 Å². The van der Waals surface area contributed by atoms with Crippen molar-refractivity contribution in [2.45, 2.75) is 33.2 Å². The number of nitrogens with zero attached hydrogens (tertiary/aromatic N) is 3. The van der Waals surface area contributed by atoms with Crippen molar-refractivity contribution in [1.29, 1.82) is 0 Å². The topological polar surface area (TPSA) is 61.3 Å². The average molecular weight is 294 g/mol. The predicted octanol–water partition coefficient (Wildman–Crippen LogP) is 2.50. The molecule has 2 rings (SSSR count). The molecule has 0 spiro atoms. The van der Waals surface area contributed by atoms with Gasteiger partial charge in [0.05, 0.1) is 12.0 Å². The molecule has 0 aromatic carbocycles. The van der Waals surface area contributed by atoms with Gasteiger partial charge < -0.3 is 15.3 Å². The number of rotatable bonds is 6. The molecule has 2 aromatic heterocycles. The number of nitrogens with one attached hydrogen (secondary N) is 1. The summed E-state index contributed by atoms with van der Waals surface area (Å²) in [6, 6.07) is 2.44. The molecular weight excluding hydrogens is 272 g/mol. The third-order valence-corrected chi connectivity index (χ3v) is 4.41. The molecule has 0 fully saturated rings. The fraction of sp³-hybridized carbons (Fsp3) is 0.571. The van der Waals surface area contributed by atoms with Crippen LogP contribution in [0.3, 0.4) is 0 Å². The molecule has 0 saturated carbocycles. The molecule has 0 saturated heterocycles. The van der Waals surface area contributed by atoms with E-state index in [9.17, 15) is 5.11 Å². The van der Waals surface area contributed by atoms with Gasteiger partial charge in [-0.3, -0.25) is 0 Å². The fourth-order valence-corrected chi connectivity index (χ4v) is 3.14. The number of aliphatic hydroxyl groups excluding tert-OH is 1. The molecule has 0 aliphatic rings. The third-order valence-electron chi connectivity index (χ3n) is 3.23. The molecule has 2 heterocycles. The zero-order valence-corrected chi connectivity index (χ0v) is 13.3. The first kappa shape index (κ1) is 15.0. The third kappa shape index (κ3) is 2.86. The van der Waals surface area contributed by atoms with Crippen LogP contribution in [0.4, 0.5) is 11.8 Å². The van der Waals surface area contributed by atoms with Crippen LogP contribution in [0.5, 0.6) is 0 Å². The van der Waals surface area contributed by atoms with Crippen LogP contribution in [-0.2, 0) is 6.42 Å². The Bertz CT molecular complexity index is 582. The van der Waals surface area contributed by atoms with Crippen molar-refractivity contribution in [3.63, 3.8) is 0 Å². The Morgan fingerprint density at radius 3 is 2.70 bits per heavy atom. The van der Waals surface area contributed by atoms with E-state index in [0.717, 1.165) is 22.5 Å². The maximum absolute atomic E-state index is 9.30. The average Bonchev–Trinajstić information content (AvgIpc) is 2.86. The fourth-order valence-electron chi connectivity index (χ4n) is 2.18. The number of aryl methyl sites for hydroxylation is 1. The second-order valence-corrected chi connectivity index (χ2v) is 6.03. The summed E-state index contributed by atoms with van der Waals surface area (Å²) < 4.78 is 0. The molecule has 0 atom stereocenters. The highest BCUT2D eigenvalue weighted by atomic mass is 32.1. The molecule has 110 valence electrons. The Morgan fingerprint density at radius 2 is 2.15 bits per heavy atom. The SMILES string of the molecule is CCc1cc2c(N(CCO)C(C)C)nc(NC)nc2s1. The number of aliphatic hydroxyl groups is 1. The van der Waals surface area contributed by atoms with E-state index in [0.29, 0.717) is 12.5 Å². The molecule has 5 nitrogen and oxygen atoms in total. The van der Waals surface area contributed by atoms with Crippen LogP contribution < -0.4 is 10.2 Å². The molecule has 0 amide bonds. The molecule has 0 bridgehead atoms. The molecule has 0 radical (unpaired) electrons. The van der Waals surface area contributed by atoms with Crippen LogP contribution in [0, 0.1) is 0 Å².